The van der Waals surface area contributed by atoms with E-state index in [4.69, 9.17) is 4.74 Å². The molecule has 2 rings (SSSR count). The lowest BCUT2D eigenvalue weighted by Gasteiger charge is -2.32. The smallest absolute Gasteiger partial charge is 0.251 e. The first-order valence-electron chi connectivity index (χ1n) is 8.86. The zero-order chi connectivity index (χ0) is 18.2. The molecule has 1 aromatic rings. The minimum Gasteiger partial charge on any atom is -0.383 e. The normalized spacial score (nSPS) is 17.1. The number of hydrogen-bond acceptors (Lipinski definition) is 4. The Morgan fingerprint density at radius 1 is 1.28 bits per heavy atom. The van der Waals surface area contributed by atoms with E-state index in [1.807, 2.05) is 38.1 Å². The third kappa shape index (κ3) is 6.14. The van der Waals surface area contributed by atoms with Crippen molar-refractivity contribution in [2.75, 3.05) is 33.4 Å². The van der Waals surface area contributed by atoms with Gasteiger partial charge in [-0.15, -0.1) is 0 Å². The zero-order valence-corrected chi connectivity index (χ0v) is 15.4. The first kappa shape index (κ1) is 19.4. The molecule has 0 bridgehead atoms. The SMILES string of the molecule is COCC(C)NC(=O)CN1CCC(NC(=O)c2ccccc2C)CC1. The summed E-state index contributed by atoms with van der Waals surface area (Å²) in [5.74, 6) is 0.00892. The van der Waals surface area contributed by atoms with Gasteiger partial charge in [-0.05, 0) is 38.3 Å². The molecule has 0 aliphatic carbocycles. The fourth-order valence-electron chi connectivity index (χ4n) is 3.14. The van der Waals surface area contributed by atoms with Gasteiger partial charge in [-0.3, -0.25) is 14.5 Å². The fraction of sp³-hybridized carbons (Fsp3) is 0.579. The van der Waals surface area contributed by atoms with Crippen LogP contribution in [0.1, 0.15) is 35.7 Å². The molecule has 1 saturated heterocycles. The number of likely N-dealkylation sites (tertiary alicyclic amines) is 1. The molecule has 2 amide bonds. The van der Waals surface area contributed by atoms with E-state index < -0.39 is 0 Å². The Morgan fingerprint density at radius 3 is 2.60 bits per heavy atom. The van der Waals surface area contributed by atoms with Crippen molar-refractivity contribution < 1.29 is 14.3 Å². The van der Waals surface area contributed by atoms with Crippen molar-refractivity contribution in [2.45, 2.75) is 38.8 Å². The summed E-state index contributed by atoms with van der Waals surface area (Å²) in [6.45, 7) is 6.40. The van der Waals surface area contributed by atoms with Crippen LogP contribution in [0.5, 0.6) is 0 Å². The Hall–Kier alpha value is -1.92. The highest BCUT2D eigenvalue weighted by Gasteiger charge is 2.23. The van der Waals surface area contributed by atoms with Crippen molar-refractivity contribution in [2.24, 2.45) is 0 Å². The number of ether oxygens (including phenoxy) is 1. The number of hydrogen-bond donors (Lipinski definition) is 2. The molecule has 2 N–H and O–H groups in total. The largest absolute Gasteiger partial charge is 0.383 e. The van der Waals surface area contributed by atoms with E-state index in [0.29, 0.717) is 13.2 Å². The van der Waals surface area contributed by atoms with Crippen molar-refractivity contribution in [3.8, 4) is 0 Å². The van der Waals surface area contributed by atoms with E-state index in [2.05, 4.69) is 15.5 Å². The van der Waals surface area contributed by atoms with Crippen molar-refractivity contribution in [1.82, 2.24) is 15.5 Å². The Morgan fingerprint density at radius 2 is 1.96 bits per heavy atom. The highest BCUT2D eigenvalue weighted by atomic mass is 16.5. The second kappa shape index (κ2) is 9.53. The summed E-state index contributed by atoms with van der Waals surface area (Å²) in [5, 5.41) is 6.04. The van der Waals surface area contributed by atoms with Gasteiger partial charge in [0.15, 0.2) is 0 Å². The summed E-state index contributed by atoms with van der Waals surface area (Å²) in [7, 11) is 1.62. The molecule has 6 nitrogen and oxygen atoms in total. The number of rotatable bonds is 7. The quantitative estimate of drug-likeness (QED) is 0.781. The molecule has 1 atom stereocenters. The molecule has 1 aliphatic heterocycles. The summed E-state index contributed by atoms with van der Waals surface area (Å²) in [4.78, 5) is 26.5. The van der Waals surface area contributed by atoms with Gasteiger partial charge in [0.05, 0.1) is 13.2 Å². The Labute approximate surface area is 149 Å². The standard InChI is InChI=1S/C19H29N3O3/c1-14-6-4-5-7-17(14)19(24)21-16-8-10-22(11-9-16)12-18(23)20-15(2)13-25-3/h4-7,15-16H,8-13H2,1-3H3,(H,20,23)(H,21,24). The Bertz CT molecular complexity index is 583. The van der Waals surface area contributed by atoms with Crippen LogP contribution in [0.15, 0.2) is 24.3 Å². The van der Waals surface area contributed by atoms with Gasteiger partial charge in [0.25, 0.3) is 5.91 Å². The minimum absolute atomic E-state index is 0.0114. The van der Waals surface area contributed by atoms with Gasteiger partial charge in [-0.25, -0.2) is 0 Å². The number of nitrogens with one attached hydrogen (secondary N) is 2. The average Bonchev–Trinajstić information content (AvgIpc) is 2.57. The molecule has 0 aromatic heterocycles. The van der Waals surface area contributed by atoms with Crippen molar-refractivity contribution >= 4 is 11.8 Å². The van der Waals surface area contributed by atoms with E-state index in [1.165, 1.54) is 0 Å². The van der Waals surface area contributed by atoms with Crippen LogP contribution in [0.4, 0.5) is 0 Å². The maximum absolute atomic E-state index is 12.4. The van der Waals surface area contributed by atoms with Crippen LogP contribution in [0, 0.1) is 6.92 Å². The number of carbonyl (C=O) groups excluding carboxylic acids is 2. The average molecular weight is 347 g/mol. The lowest BCUT2D eigenvalue weighted by atomic mass is 10.0. The summed E-state index contributed by atoms with van der Waals surface area (Å²) in [6.07, 6.45) is 1.72. The highest BCUT2D eigenvalue weighted by Crippen LogP contribution is 2.12. The predicted molar refractivity (Wildman–Crippen MR) is 97.6 cm³/mol. The molecule has 0 radical (unpaired) electrons. The number of amides is 2. The Balaban J connectivity index is 1.73. The van der Waals surface area contributed by atoms with E-state index in [-0.39, 0.29) is 23.9 Å². The van der Waals surface area contributed by atoms with Gasteiger partial charge in [0, 0.05) is 37.8 Å². The second-order valence-electron chi connectivity index (χ2n) is 6.76. The number of aryl methyl sites for hydroxylation is 1. The maximum atomic E-state index is 12.4. The fourth-order valence-corrected chi connectivity index (χ4v) is 3.14. The van der Waals surface area contributed by atoms with Gasteiger partial charge in [-0.2, -0.15) is 0 Å². The van der Waals surface area contributed by atoms with Gasteiger partial charge >= 0.3 is 0 Å². The molecule has 6 heteroatoms. The lowest BCUT2D eigenvalue weighted by Crippen LogP contribution is -2.48. The van der Waals surface area contributed by atoms with Gasteiger partial charge in [-0.1, -0.05) is 18.2 Å². The van der Waals surface area contributed by atoms with Gasteiger partial charge in [0.1, 0.15) is 0 Å². The number of nitrogens with zero attached hydrogens (tertiary/aromatic N) is 1. The first-order valence-corrected chi connectivity index (χ1v) is 8.86. The second-order valence-corrected chi connectivity index (χ2v) is 6.76. The molecule has 1 unspecified atom stereocenters. The van der Waals surface area contributed by atoms with E-state index in [1.54, 1.807) is 7.11 Å². The van der Waals surface area contributed by atoms with Gasteiger partial charge in [0.2, 0.25) is 5.91 Å². The van der Waals surface area contributed by atoms with Crippen LogP contribution in [0.25, 0.3) is 0 Å². The van der Waals surface area contributed by atoms with Crippen molar-refractivity contribution in [3.05, 3.63) is 35.4 Å². The lowest BCUT2D eigenvalue weighted by molar-refractivity contribution is -0.123. The predicted octanol–water partition coefficient (Wildman–Crippen LogP) is 1.34. The topological polar surface area (TPSA) is 70.7 Å². The van der Waals surface area contributed by atoms with E-state index >= 15 is 0 Å². The molecule has 138 valence electrons. The number of methoxy groups -OCH3 is 1. The zero-order valence-electron chi connectivity index (χ0n) is 15.4. The summed E-state index contributed by atoms with van der Waals surface area (Å²) in [5.41, 5.74) is 1.72. The number of piperidine rings is 1. The molecule has 1 fully saturated rings. The van der Waals surface area contributed by atoms with E-state index in [0.717, 1.165) is 37.1 Å². The van der Waals surface area contributed by atoms with Crippen LogP contribution in [-0.4, -0.2) is 62.1 Å². The molecular weight excluding hydrogens is 318 g/mol. The summed E-state index contributed by atoms with van der Waals surface area (Å²) in [6, 6.07) is 7.80. The molecule has 0 spiro atoms. The van der Waals surface area contributed by atoms with Crippen molar-refractivity contribution in [1.29, 1.82) is 0 Å². The van der Waals surface area contributed by atoms with Crippen LogP contribution >= 0.6 is 0 Å². The molecule has 25 heavy (non-hydrogen) atoms. The number of benzene rings is 1. The first-order chi connectivity index (χ1) is 12.0. The molecule has 0 saturated carbocycles. The third-order valence-corrected chi connectivity index (χ3v) is 4.50. The van der Waals surface area contributed by atoms with Crippen LogP contribution in [0.2, 0.25) is 0 Å². The summed E-state index contributed by atoms with van der Waals surface area (Å²) >= 11 is 0. The van der Waals surface area contributed by atoms with E-state index in [9.17, 15) is 9.59 Å². The van der Waals surface area contributed by atoms with Crippen molar-refractivity contribution in [3.63, 3.8) is 0 Å². The minimum atomic E-state index is -0.0114. The number of carbonyl (C=O) groups is 2. The Kier molecular flexibility index (Phi) is 7.40. The van der Waals surface area contributed by atoms with Crippen LogP contribution in [-0.2, 0) is 9.53 Å². The molecule has 1 aliphatic rings. The molecule has 1 heterocycles. The summed E-state index contributed by atoms with van der Waals surface area (Å²) < 4.78 is 5.02. The van der Waals surface area contributed by atoms with Crippen LogP contribution < -0.4 is 10.6 Å². The van der Waals surface area contributed by atoms with Gasteiger partial charge < -0.3 is 15.4 Å². The monoisotopic (exact) mass is 347 g/mol. The molecule has 1 aromatic carbocycles. The molecular formula is C19H29N3O3. The highest BCUT2D eigenvalue weighted by molar-refractivity contribution is 5.95. The van der Waals surface area contributed by atoms with Crippen LogP contribution in [0.3, 0.4) is 0 Å². The third-order valence-electron chi connectivity index (χ3n) is 4.50. The maximum Gasteiger partial charge on any atom is 0.251 e.